The molecule has 0 atom stereocenters. The molecule has 0 aliphatic rings. The third-order valence-electron chi connectivity index (χ3n) is 5.08. The number of H-pyrrole nitrogens is 1. The summed E-state index contributed by atoms with van der Waals surface area (Å²) in [6.45, 7) is 0. The summed E-state index contributed by atoms with van der Waals surface area (Å²) in [5.41, 5.74) is 6.79. The molecule has 0 aliphatic carbocycles. The Kier molecular flexibility index (Phi) is 4.98. The number of aromatic nitrogens is 2. The van der Waals surface area contributed by atoms with Crippen LogP contribution in [0.5, 0.6) is 0 Å². The first-order valence-electron chi connectivity index (χ1n) is 9.35. The first-order chi connectivity index (χ1) is 14.8. The molecule has 156 valence electrons. The molecule has 31 heavy (non-hydrogen) atoms. The fraction of sp³-hybridized carbons (Fsp3) is 0.0870. The van der Waals surface area contributed by atoms with Gasteiger partial charge in [0.15, 0.2) is 0 Å². The van der Waals surface area contributed by atoms with Gasteiger partial charge in [0.2, 0.25) is 5.78 Å². The summed E-state index contributed by atoms with van der Waals surface area (Å²) in [6.07, 6.45) is 2.99. The zero-order chi connectivity index (χ0) is 22.3. The number of carbonyl (C=O) groups excluding carboxylic acids is 2. The number of carbonyl (C=O) groups is 2. The SMILES string of the molecule is CN(C)c1ccc(-c2cnc3[nH]cc(C(=O)c4c(F)ccc(C(N)=O)c4F)c3c2)cc1. The van der Waals surface area contributed by atoms with Crippen molar-refractivity contribution in [2.75, 3.05) is 19.0 Å². The highest BCUT2D eigenvalue weighted by Gasteiger charge is 2.25. The van der Waals surface area contributed by atoms with Crippen LogP contribution in [0.1, 0.15) is 26.3 Å². The molecule has 1 amide bonds. The van der Waals surface area contributed by atoms with Crippen molar-refractivity contribution < 1.29 is 18.4 Å². The van der Waals surface area contributed by atoms with E-state index in [1.807, 2.05) is 43.3 Å². The van der Waals surface area contributed by atoms with Crippen LogP contribution in [0.3, 0.4) is 0 Å². The number of hydrogen-bond donors (Lipinski definition) is 2. The molecule has 0 bridgehead atoms. The average Bonchev–Trinajstić information content (AvgIpc) is 3.16. The van der Waals surface area contributed by atoms with Crippen LogP contribution in [0, 0.1) is 11.6 Å². The highest BCUT2D eigenvalue weighted by molar-refractivity contribution is 6.17. The van der Waals surface area contributed by atoms with Gasteiger partial charge in [0.25, 0.3) is 5.91 Å². The monoisotopic (exact) mass is 420 g/mol. The molecule has 2 aromatic carbocycles. The van der Waals surface area contributed by atoms with Crippen molar-refractivity contribution in [1.82, 2.24) is 9.97 Å². The average molecular weight is 420 g/mol. The maximum Gasteiger partial charge on any atom is 0.251 e. The number of ketones is 1. The highest BCUT2D eigenvalue weighted by Crippen LogP contribution is 2.29. The fourth-order valence-corrected chi connectivity index (χ4v) is 3.39. The maximum absolute atomic E-state index is 14.7. The van der Waals surface area contributed by atoms with Crippen molar-refractivity contribution in [2.45, 2.75) is 0 Å². The van der Waals surface area contributed by atoms with E-state index in [0.29, 0.717) is 11.0 Å². The predicted octanol–water partition coefficient (Wildman–Crippen LogP) is 3.90. The molecular formula is C23H18F2N4O2. The van der Waals surface area contributed by atoms with Gasteiger partial charge in [0.1, 0.15) is 17.3 Å². The van der Waals surface area contributed by atoms with E-state index >= 15 is 0 Å². The molecule has 0 saturated carbocycles. The number of rotatable bonds is 5. The van der Waals surface area contributed by atoms with Crippen molar-refractivity contribution in [2.24, 2.45) is 5.73 Å². The molecule has 2 heterocycles. The summed E-state index contributed by atoms with van der Waals surface area (Å²) in [7, 11) is 3.87. The number of amides is 1. The van der Waals surface area contributed by atoms with E-state index in [-0.39, 0.29) is 5.56 Å². The second-order valence-electron chi connectivity index (χ2n) is 7.24. The number of benzene rings is 2. The summed E-state index contributed by atoms with van der Waals surface area (Å²) in [6, 6.07) is 11.2. The van der Waals surface area contributed by atoms with Crippen LogP contribution in [0.15, 0.2) is 54.9 Å². The summed E-state index contributed by atoms with van der Waals surface area (Å²) in [4.78, 5) is 33.6. The minimum Gasteiger partial charge on any atom is -0.378 e. The van der Waals surface area contributed by atoms with E-state index in [2.05, 4.69) is 9.97 Å². The molecule has 4 aromatic rings. The lowest BCUT2D eigenvalue weighted by Crippen LogP contribution is -2.17. The number of nitrogens with one attached hydrogen (secondary N) is 1. The van der Waals surface area contributed by atoms with Crippen LogP contribution in [0.4, 0.5) is 14.5 Å². The van der Waals surface area contributed by atoms with Crippen molar-refractivity contribution >= 4 is 28.4 Å². The lowest BCUT2D eigenvalue weighted by atomic mass is 9.98. The van der Waals surface area contributed by atoms with E-state index in [4.69, 9.17) is 5.73 Å². The summed E-state index contributed by atoms with van der Waals surface area (Å²) < 4.78 is 29.0. The van der Waals surface area contributed by atoms with Crippen molar-refractivity contribution in [3.8, 4) is 11.1 Å². The molecule has 2 aromatic heterocycles. The van der Waals surface area contributed by atoms with Gasteiger partial charge in [-0.3, -0.25) is 9.59 Å². The zero-order valence-electron chi connectivity index (χ0n) is 16.7. The second kappa shape index (κ2) is 7.64. The third kappa shape index (κ3) is 3.52. The number of anilines is 1. The highest BCUT2D eigenvalue weighted by atomic mass is 19.1. The van der Waals surface area contributed by atoms with E-state index in [1.54, 1.807) is 12.3 Å². The molecular weight excluding hydrogens is 402 g/mol. The van der Waals surface area contributed by atoms with Gasteiger partial charge in [-0.2, -0.15) is 0 Å². The van der Waals surface area contributed by atoms with Crippen LogP contribution in [0.2, 0.25) is 0 Å². The summed E-state index contributed by atoms with van der Waals surface area (Å²) in [5.74, 6) is -4.36. The van der Waals surface area contributed by atoms with E-state index in [0.717, 1.165) is 28.9 Å². The van der Waals surface area contributed by atoms with Crippen LogP contribution in [0.25, 0.3) is 22.2 Å². The summed E-state index contributed by atoms with van der Waals surface area (Å²) >= 11 is 0. The first kappa shape index (κ1) is 20.2. The Morgan fingerprint density at radius 3 is 2.35 bits per heavy atom. The zero-order valence-corrected chi connectivity index (χ0v) is 16.7. The Labute approximate surface area is 176 Å². The Morgan fingerprint density at radius 2 is 1.71 bits per heavy atom. The molecule has 6 nitrogen and oxygen atoms in total. The Balaban J connectivity index is 1.81. The summed E-state index contributed by atoms with van der Waals surface area (Å²) in [5, 5.41) is 0.405. The van der Waals surface area contributed by atoms with Gasteiger partial charge in [-0.1, -0.05) is 12.1 Å². The number of aromatic amines is 1. The van der Waals surface area contributed by atoms with Crippen molar-refractivity contribution in [3.05, 3.63) is 83.2 Å². The van der Waals surface area contributed by atoms with Gasteiger partial charge in [-0.25, -0.2) is 13.8 Å². The second-order valence-corrected chi connectivity index (χ2v) is 7.24. The molecule has 0 saturated heterocycles. The van der Waals surface area contributed by atoms with Gasteiger partial charge in [-0.05, 0) is 35.9 Å². The number of nitrogens with two attached hydrogens (primary N) is 1. The minimum atomic E-state index is -1.28. The molecule has 0 unspecified atom stereocenters. The largest absolute Gasteiger partial charge is 0.378 e. The lowest BCUT2D eigenvalue weighted by molar-refractivity contribution is 0.0996. The molecule has 0 spiro atoms. The Morgan fingerprint density at radius 1 is 1.00 bits per heavy atom. The molecule has 0 fully saturated rings. The van der Waals surface area contributed by atoms with E-state index < -0.39 is 34.5 Å². The normalized spacial score (nSPS) is 11.0. The standard InChI is InChI=1S/C23H18F2N4O2/c1-29(2)14-5-3-12(4-6-14)13-9-16-17(11-28-23(16)27-10-13)21(30)19-18(24)8-7-15(20(19)25)22(26)31/h3-11H,1-2H3,(H2,26,31)(H,27,28). The quantitative estimate of drug-likeness (QED) is 0.479. The van der Waals surface area contributed by atoms with Crippen LogP contribution in [-0.4, -0.2) is 35.8 Å². The molecule has 3 N–H and O–H groups in total. The minimum absolute atomic E-state index is 0.0358. The number of halogens is 2. The topological polar surface area (TPSA) is 92.1 Å². The van der Waals surface area contributed by atoms with Crippen LogP contribution < -0.4 is 10.6 Å². The van der Waals surface area contributed by atoms with E-state index in [9.17, 15) is 18.4 Å². The van der Waals surface area contributed by atoms with Crippen molar-refractivity contribution in [3.63, 3.8) is 0 Å². The molecule has 8 heteroatoms. The van der Waals surface area contributed by atoms with Gasteiger partial charge in [-0.15, -0.1) is 0 Å². The smallest absolute Gasteiger partial charge is 0.251 e. The maximum atomic E-state index is 14.7. The van der Waals surface area contributed by atoms with Gasteiger partial charge in [0, 0.05) is 48.7 Å². The van der Waals surface area contributed by atoms with Gasteiger partial charge in [0.05, 0.1) is 11.1 Å². The lowest BCUT2D eigenvalue weighted by Gasteiger charge is -2.12. The molecule has 0 radical (unpaired) electrons. The number of fused-ring (bicyclic) bond motifs is 1. The Bertz CT molecular complexity index is 1330. The van der Waals surface area contributed by atoms with E-state index in [1.165, 1.54) is 6.20 Å². The van der Waals surface area contributed by atoms with Gasteiger partial charge < -0.3 is 15.6 Å². The number of nitrogens with zero attached hydrogens (tertiary/aromatic N) is 2. The van der Waals surface area contributed by atoms with Gasteiger partial charge >= 0.3 is 0 Å². The predicted molar refractivity (Wildman–Crippen MR) is 114 cm³/mol. The molecule has 4 rings (SSSR count). The fourth-order valence-electron chi connectivity index (χ4n) is 3.39. The van der Waals surface area contributed by atoms with Crippen molar-refractivity contribution in [1.29, 1.82) is 0 Å². The third-order valence-corrected chi connectivity index (χ3v) is 5.08. The number of pyridine rings is 1. The number of hydrogen-bond acceptors (Lipinski definition) is 4. The Hall–Kier alpha value is -4.07. The molecule has 0 aliphatic heterocycles. The number of primary amides is 1. The first-order valence-corrected chi connectivity index (χ1v) is 9.35. The van der Waals surface area contributed by atoms with Crippen LogP contribution in [-0.2, 0) is 0 Å². The van der Waals surface area contributed by atoms with Crippen LogP contribution >= 0.6 is 0 Å².